The summed E-state index contributed by atoms with van der Waals surface area (Å²) >= 11 is 0. The van der Waals surface area contributed by atoms with Crippen LogP contribution in [0.25, 0.3) is 0 Å². The summed E-state index contributed by atoms with van der Waals surface area (Å²) in [6.45, 7) is 6.62. The molecule has 0 aliphatic rings. The van der Waals surface area contributed by atoms with Crippen molar-refractivity contribution >= 4 is 17.6 Å². The molecule has 1 radical (unpaired) electrons. The van der Waals surface area contributed by atoms with Gasteiger partial charge in [0.2, 0.25) is 0 Å². The molecule has 0 aliphatic carbocycles. The Morgan fingerprint density at radius 2 is 2.07 bits per heavy atom. The monoisotopic (exact) mass is 286 g/mol. The van der Waals surface area contributed by atoms with Crippen molar-refractivity contribution in [2.45, 2.75) is 32.7 Å². The van der Waals surface area contributed by atoms with Crippen molar-refractivity contribution in [3.63, 3.8) is 0 Å². The Morgan fingerprint density at radius 3 is 2.40 bits per heavy atom. The van der Waals surface area contributed by atoms with Crippen molar-refractivity contribution < 1.29 is 47.4 Å². The minimum atomic E-state index is -1.00. The van der Waals surface area contributed by atoms with E-state index in [-0.39, 0.29) is 44.9 Å². The van der Waals surface area contributed by atoms with Crippen LogP contribution in [0.2, 0.25) is 0 Å². The average molecular weight is 286 g/mol. The van der Waals surface area contributed by atoms with Crippen LogP contribution in [0.1, 0.15) is 26.7 Å². The zero-order valence-electron chi connectivity index (χ0n) is 9.06. The number of ketones is 1. The number of Topliss-reactive ketones (excluding diaryl/α,β-unsaturated/α-hetero) is 1. The van der Waals surface area contributed by atoms with Crippen molar-refractivity contribution in [2.24, 2.45) is 10.9 Å². The maximum Gasteiger partial charge on any atom is 0.309 e. The molecule has 0 saturated carbocycles. The second kappa shape index (κ2) is 8.96. The van der Waals surface area contributed by atoms with Crippen LogP contribution in [0, 0.1) is 5.92 Å². The van der Waals surface area contributed by atoms with E-state index in [9.17, 15) is 9.59 Å². The zero-order valence-corrected chi connectivity index (χ0v) is 11.9. The van der Waals surface area contributed by atoms with Crippen LogP contribution in [0.3, 0.4) is 0 Å². The van der Waals surface area contributed by atoms with Crippen LogP contribution in [-0.4, -0.2) is 28.8 Å². The SMILES string of the molecule is C=C=NC(C)C(CC(=O)CC)C(=O)O.[Y]. The molecule has 0 heterocycles. The van der Waals surface area contributed by atoms with E-state index in [0.29, 0.717) is 6.42 Å². The van der Waals surface area contributed by atoms with Crippen molar-refractivity contribution in [1.29, 1.82) is 0 Å². The smallest absolute Gasteiger partial charge is 0.309 e. The molecule has 0 saturated heterocycles. The molecule has 1 N–H and O–H groups in total. The number of hydrogen-bond acceptors (Lipinski definition) is 3. The molecular weight excluding hydrogens is 271 g/mol. The molecule has 0 aromatic rings. The minimum Gasteiger partial charge on any atom is -0.481 e. The third-order valence-corrected chi connectivity index (χ3v) is 2.04. The fourth-order valence-corrected chi connectivity index (χ4v) is 1.09. The van der Waals surface area contributed by atoms with Gasteiger partial charge in [-0.2, -0.15) is 0 Å². The minimum absolute atomic E-state index is 0. The van der Waals surface area contributed by atoms with Gasteiger partial charge in [-0.1, -0.05) is 6.92 Å². The van der Waals surface area contributed by atoms with E-state index in [0.717, 1.165) is 0 Å². The van der Waals surface area contributed by atoms with Crippen LogP contribution in [0.15, 0.2) is 11.6 Å². The number of carboxylic acids is 1. The Labute approximate surface area is 115 Å². The van der Waals surface area contributed by atoms with Crippen LogP contribution in [0.5, 0.6) is 0 Å². The Kier molecular flexibility index (Phi) is 10.2. The Hall–Kier alpha value is -0.306. The van der Waals surface area contributed by atoms with Gasteiger partial charge >= 0.3 is 5.97 Å². The van der Waals surface area contributed by atoms with E-state index < -0.39 is 17.9 Å². The first-order valence-electron chi connectivity index (χ1n) is 4.49. The van der Waals surface area contributed by atoms with Gasteiger partial charge in [0.15, 0.2) is 0 Å². The number of carboxylic acid groups (broad SMARTS) is 1. The summed E-state index contributed by atoms with van der Waals surface area (Å²) in [5.74, 6) is 0.460. The maximum absolute atomic E-state index is 11.1. The van der Waals surface area contributed by atoms with Crippen molar-refractivity contribution in [1.82, 2.24) is 0 Å². The summed E-state index contributed by atoms with van der Waals surface area (Å²) in [5, 5.41) is 8.85. The van der Waals surface area contributed by atoms with Gasteiger partial charge in [-0.25, -0.2) is 4.99 Å². The number of hydrogen-bond donors (Lipinski definition) is 1. The molecule has 0 spiro atoms. The molecule has 0 amide bonds. The number of rotatable bonds is 6. The second-order valence-corrected chi connectivity index (χ2v) is 3.07. The molecule has 0 aromatic heterocycles. The van der Waals surface area contributed by atoms with Gasteiger partial charge in [-0.15, -0.1) is 0 Å². The molecule has 0 bridgehead atoms. The second-order valence-electron chi connectivity index (χ2n) is 3.07. The Morgan fingerprint density at radius 1 is 1.53 bits per heavy atom. The molecule has 4 nitrogen and oxygen atoms in total. The van der Waals surface area contributed by atoms with Crippen LogP contribution >= 0.6 is 0 Å². The number of aliphatic imine (C=N–C) groups is 1. The largest absolute Gasteiger partial charge is 0.481 e. The van der Waals surface area contributed by atoms with E-state index in [1.807, 2.05) is 0 Å². The Bertz CT molecular complexity index is 272. The number of aliphatic carboxylic acids is 1. The summed E-state index contributed by atoms with van der Waals surface area (Å²) in [6, 6.07) is -0.458. The molecule has 5 heteroatoms. The van der Waals surface area contributed by atoms with E-state index in [1.165, 1.54) is 0 Å². The first-order chi connectivity index (χ1) is 6.52. The van der Waals surface area contributed by atoms with Crippen molar-refractivity contribution in [3.8, 4) is 0 Å². The fraction of sp³-hybridized carbons (Fsp3) is 0.600. The first-order valence-corrected chi connectivity index (χ1v) is 4.49. The summed E-state index contributed by atoms with van der Waals surface area (Å²) in [4.78, 5) is 25.6. The normalized spacial score (nSPS) is 12.9. The number of carbonyl (C=O) groups is 2. The number of nitrogens with zero attached hydrogens (tertiary/aromatic N) is 1. The standard InChI is InChI=1S/C10H15NO3.Y/c1-4-8(12)6-9(10(13)14)7(3)11-5-2;/h7,9H,2,4,6H2,1,3H3,(H,13,14);. The van der Waals surface area contributed by atoms with Gasteiger partial charge in [0.1, 0.15) is 5.78 Å². The predicted molar refractivity (Wildman–Crippen MR) is 53.6 cm³/mol. The van der Waals surface area contributed by atoms with Gasteiger partial charge in [0, 0.05) is 45.6 Å². The molecule has 0 aromatic carbocycles. The van der Waals surface area contributed by atoms with Crippen molar-refractivity contribution in [3.05, 3.63) is 6.58 Å². The fourth-order valence-electron chi connectivity index (χ4n) is 1.09. The van der Waals surface area contributed by atoms with Crippen LogP contribution in [0.4, 0.5) is 0 Å². The molecule has 2 unspecified atom stereocenters. The number of carbonyl (C=O) groups excluding carboxylic acids is 1. The van der Waals surface area contributed by atoms with Crippen LogP contribution < -0.4 is 0 Å². The van der Waals surface area contributed by atoms with Gasteiger partial charge < -0.3 is 5.11 Å². The summed E-state index contributed by atoms with van der Waals surface area (Å²) < 4.78 is 0. The van der Waals surface area contributed by atoms with E-state index in [2.05, 4.69) is 17.4 Å². The third kappa shape index (κ3) is 6.72. The molecule has 0 aliphatic heterocycles. The summed E-state index contributed by atoms with van der Waals surface area (Å²) in [5.41, 5.74) is 0. The first kappa shape index (κ1) is 17.1. The van der Waals surface area contributed by atoms with E-state index >= 15 is 0 Å². The van der Waals surface area contributed by atoms with Gasteiger partial charge in [-0.3, -0.25) is 9.59 Å². The maximum atomic E-state index is 11.1. The van der Waals surface area contributed by atoms with E-state index in [1.54, 1.807) is 13.8 Å². The zero-order chi connectivity index (χ0) is 11.1. The molecule has 0 fully saturated rings. The molecule has 81 valence electrons. The topological polar surface area (TPSA) is 66.7 Å². The predicted octanol–water partition coefficient (Wildman–Crippen LogP) is 1.30. The molecule has 2 atom stereocenters. The third-order valence-electron chi connectivity index (χ3n) is 2.04. The van der Waals surface area contributed by atoms with E-state index in [4.69, 9.17) is 5.11 Å². The van der Waals surface area contributed by atoms with Crippen LogP contribution in [-0.2, 0) is 42.3 Å². The van der Waals surface area contributed by atoms with Crippen molar-refractivity contribution in [2.75, 3.05) is 0 Å². The average Bonchev–Trinajstić information content (AvgIpc) is 2.13. The van der Waals surface area contributed by atoms with Gasteiger partial charge in [0.25, 0.3) is 0 Å². The quantitative estimate of drug-likeness (QED) is 0.748. The summed E-state index contributed by atoms with van der Waals surface area (Å²) in [6.07, 6.45) is 0.381. The molecular formula is C10H15NO3Y. The van der Waals surface area contributed by atoms with Gasteiger partial charge in [0.05, 0.1) is 12.0 Å². The van der Waals surface area contributed by atoms with Gasteiger partial charge in [-0.05, 0) is 19.4 Å². The Balaban J connectivity index is 0. The molecule has 15 heavy (non-hydrogen) atoms. The summed E-state index contributed by atoms with van der Waals surface area (Å²) in [7, 11) is 0. The molecule has 0 rings (SSSR count).